The second-order valence-electron chi connectivity index (χ2n) is 8.04. The summed E-state index contributed by atoms with van der Waals surface area (Å²) in [4.78, 5) is 25.6. The van der Waals surface area contributed by atoms with Crippen LogP contribution in [0.2, 0.25) is 0 Å². The Hall–Kier alpha value is -3.39. The van der Waals surface area contributed by atoms with Crippen LogP contribution >= 0.6 is 0 Å². The zero-order valence-electron chi connectivity index (χ0n) is 18.3. The highest BCUT2D eigenvalue weighted by Gasteiger charge is 2.60. The van der Waals surface area contributed by atoms with Crippen molar-refractivity contribution >= 4 is 11.7 Å². The molecule has 32 heavy (non-hydrogen) atoms. The van der Waals surface area contributed by atoms with Crippen LogP contribution in [0.4, 0.5) is 10.2 Å². The van der Waals surface area contributed by atoms with Crippen molar-refractivity contribution in [2.24, 2.45) is 5.92 Å². The maximum atomic E-state index is 13.5. The molecule has 2 atom stereocenters. The molecule has 0 spiro atoms. The Kier molecular flexibility index (Phi) is 6.14. The number of benzene rings is 1. The van der Waals surface area contributed by atoms with Crippen LogP contribution in [0.25, 0.3) is 0 Å². The third kappa shape index (κ3) is 4.45. The van der Waals surface area contributed by atoms with Gasteiger partial charge < -0.3 is 14.8 Å². The van der Waals surface area contributed by atoms with Crippen LogP contribution in [0.1, 0.15) is 29.1 Å². The first kappa shape index (κ1) is 21.8. The summed E-state index contributed by atoms with van der Waals surface area (Å²) in [6.07, 6.45) is 3.37. The molecule has 4 rings (SSSR count). The molecule has 166 valence electrons. The van der Waals surface area contributed by atoms with Gasteiger partial charge in [-0.1, -0.05) is 30.3 Å². The number of methoxy groups -OCH3 is 1. The first-order valence-electron chi connectivity index (χ1n) is 10.4. The molecule has 1 N–H and O–H groups in total. The van der Waals surface area contributed by atoms with Crippen molar-refractivity contribution in [1.29, 1.82) is 0 Å². The van der Waals surface area contributed by atoms with Crippen LogP contribution in [0.3, 0.4) is 0 Å². The number of rotatable bonds is 8. The van der Waals surface area contributed by atoms with Crippen molar-refractivity contribution in [1.82, 2.24) is 15.0 Å². The van der Waals surface area contributed by atoms with E-state index in [9.17, 15) is 9.18 Å². The topological polar surface area (TPSA) is 86.2 Å². The summed E-state index contributed by atoms with van der Waals surface area (Å²) in [7, 11) is 1.60. The molecule has 8 heteroatoms. The molecule has 1 amide bonds. The van der Waals surface area contributed by atoms with Crippen molar-refractivity contribution < 1.29 is 18.7 Å². The maximum Gasteiger partial charge on any atom is 0.229 e. The quantitative estimate of drug-likeness (QED) is 0.579. The molecule has 1 aliphatic carbocycles. The van der Waals surface area contributed by atoms with Gasteiger partial charge in [0.25, 0.3) is 0 Å². The average Bonchev–Trinajstić information content (AvgIpc) is 3.53. The number of hydrogen-bond donors (Lipinski definition) is 1. The van der Waals surface area contributed by atoms with Gasteiger partial charge in [-0.2, -0.15) is 0 Å². The number of nitrogens with one attached hydrogen (secondary N) is 1. The number of halogens is 1. The lowest BCUT2D eigenvalue weighted by Crippen LogP contribution is -2.27. The predicted octanol–water partition coefficient (Wildman–Crippen LogP) is 3.75. The fourth-order valence-corrected chi connectivity index (χ4v) is 3.88. The van der Waals surface area contributed by atoms with E-state index in [0.717, 1.165) is 11.8 Å². The molecule has 1 aliphatic rings. The number of anilines is 1. The van der Waals surface area contributed by atoms with Crippen molar-refractivity contribution in [3.05, 3.63) is 77.3 Å². The zero-order chi connectivity index (χ0) is 22.7. The largest absolute Gasteiger partial charge is 0.489 e. The lowest BCUT2D eigenvalue weighted by molar-refractivity contribution is -0.117. The lowest BCUT2D eigenvalue weighted by atomic mass is 9.93. The number of nitrogens with zero attached hydrogens (tertiary/aromatic N) is 3. The second kappa shape index (κ2) is 9.00. The van der Waals surface area contributed by atoms with Crippen LogP contribution < -0.4 is 10.1 Å². The van der Waals surface area contributed by atoms with Gasteiger partial charge in [-0.05, 0) is 37.5 Å². The van der Waals surface area contributed by atoms with Crippen LogP contribution in [-0.4, -0.2) is 34.6 Å². The minimum Gasteiger partial charge on any atom is -0.489 e. The van der Waals surface area contributed by atoms with E-state index in [1.165, 1.54) is 6.07 Å². The molecule has 1 saturated carbocycles. The monoisotopic (exact) mass is 436 g/mol. The molecule has 7 nitrogen and oxygen atoms in total. The number of carbonyl (C=O) groups excluding carboxylic acids is 1. The zero-order valence-corrected chi connectivity index (χ0v) is 18.3. The Morgan fingerprint density at radius 2 is 2.00 bits per heavy atom. The van der Waals surface area contributed by atoms with Gasteiger partial charge >= 0.3 is 0 Å². The fraction of sp³-hybridized carbons (Fsp3) is 0.333. The third-order valence-electron chi connectivity index (χ3n) is 5.75. The van der Waals surface area contributed by atoms with Gasteiger partial charge in [0.15, 0.2) is 5.75 Å². The van der Waals surface area contributed by atoms with Gasteiger partial charge in [-0.3, -0.25) is 4.79 Å². The summed E-state index contributed by atoms with van der Waals surface area (Å²) in [5, 5.41) is 2.82. The number of carbonyl (C=O) groups is 1. The van der Waals surface area contributed by atoms with Gasteiger partial charge in [0.05, 0.1) is 31.5 Å². The van der Waals surface area contributed by atoms with Crippen molar-refractivity contribution in [2.45, 2.75) is 32.3 Å². The van der Waals surface area contributed by atoms with E-state index in [4.69, 9.17) is 9.47 Å². The van der Waals surface area contributed by atoms with Gasteiger partial charge in [0.1, 0.15) is 23.2 Å². The summed E-state index contributed by atoms with van der Waals surface area (Å²) in [5.41, 5.74) is 1.62. The lowest BCUT2D eigenvalue weighted by Gasteiger charge is -2.20. The maximum absolute atomic E-state index is 13.5. The summed E-state index contributed by atoms with van der Waals surface area (Å²) < 4.78 is 24.9. The number of ether oxygens (including phenoxy) is 2. The van der Waals surface area contributed by atoms with Gasteiger partial charge in [-0.15, -0.1) is 0 Å². The Balaban J connectivity index is 1.55. The highest BCUT2D eigenvalue weighted by Crippen LogP contribution is 2.55. The summed E-state index contributed by atoms with van der Waals surface area (Å²) in [6, 6.07) is 11.3. The first-order valence-corrected chi connectivity index (χ1v) is 10.4. The highest BCUT2D eigenvalue weighted by atomic mass is 19.1. The fourth-order valence-electron chi connectivity index (χ4n) is 3.88. The van der Waals surface area contributed by atoms with E-state index in [-0.39, 0.29) is 18.4 Å². The van der Waals surface area contributed by atoms with Gasteiger partial charge in [0.2, 0.25) is 5.91 Å². The molecule has 0 bridgehead atoms. The van der Waals surface area contributed by atoms with E-state index in [2.05, 4.69) is 20.3 Å². The minimum absolute atomic E-state index is 0.173. The van der Waals surface area contributed by atoms with Crippen molar-refractivity contribution in [3.63, 3.8) is 0 Å². The molecular weight excluding hydrogens is 411 g/mol. The molecule has 2 heterocycles. The Morgan fingerprint density at radius 3 is 2.72 bits per heavy atom. The minimum atomic E-state index is -0.490. The molecule has 2 aromatic heterocycles. The van der Waals surface area contributed by atoms with E-state index in [1.807, 2.05) is 30.3 Å². The van der Waals surface area contributed by atoms with Crippen LogP contribution in [0.15, 0.2) is 48.8 Å². The SMILES string of the molecule is COCc1nc(C)ncc1OC[C@@]1(c2ccccc2)C[C@H]1C(=O)Nc1cc(C)c(F)cn1. The number of pyridine rings is 1. The van der Waals surface area contributed by atoms with E-state index in [1.54, 1.807) is 27.2 Å². The van der Waals surface area contributed by atoms with Crippen molar-refractivity contribution in [3.8, 4) is 5.75 Å². The number of aryl methyl sites for hydroxylation is 2. The first-order chi connectivity index (χ1) is 15.4. The van der Waals surface area contributed by atoms with E-state index >= 15 is 0 Å². The normalized spacial score (nSPS) is 19.4. The summed E-state index contributed by atoms with van der Waals surface area (Å²) >= 11 is 0. The smallest absolute Gasteiger partial charge is 0.229 e. The number of hydrogen-bond acceptors (Lipinski definition) is 6. The van der Waals surface area contributed by atoms with Crippen molar-refractivity contribution in [2.75, 3.05) is 19.0 Å². The Labute approximate surface area is 186 Å². The van der Waals surface area contributed by atoms with Gasteiger partial charge in [0, 0.05) is 12.5 Å². The molecule has 1 fully saturated rings. The van der Waals surface area contributed by atoms with E-state index in [0.29, 0.717) is 41.7 Å². The predicted molar refractivity (Wildman–Crippen MR) is 117 cm³/mol. The number of amides is 1. The second-order valence-corrected chi connectivity index (χ2v) is 8.04. The summed E-state index contributed by atoms with van der Waals surface area (Å²) in [5.74, 6) is 0.608. The summed E-state index contributed by atoms with van der Waals surface area (Å²) in [6.45, 7) is 4.03. The molecule has 3 aromatic rings. The Morgan fingerprint density at radius 1 is 1.22 bits per heavy atom. The molecular formula is C24H25FN4O3. The average molecular weight is 436 g/mol. The van der Waals surface area contributed by atoms with Gasteiger partial charge in [-0.25, -0.2) is 19.3 Å². The molecule has 0 unspecified atom stereocenters. The molecule has 0 saturated heterocycles. The third-order valence-corrected chi connectivity index (χ3v) is 5.75. The molecule has 0 radical (unpaired) electrons. The van der Waals surface area contributed by atoms with E-state index < -0.39 is 11.2 Å². The Bertz CT molecular complexity index is 1130. The van der Waals surface area contributed by atoms with Crippen LogP contribution in [0, 0.1) is 25.6 Å². The molecule has 1 aromatic carbocycles. The number of aromatic nitrogens is 3. The molecule has 0 aliphatic heterocycles. The standard InChI is InChI=1S/C24H25FN4O3/c1-15-9-22(27-11-19(15)25)29-23(30)18-10-24(18,17-7-5-4-6-8-17)14-32-21-12-26-16(2)28-20(21)13-31-3/h4-9,11-12,18H,10,13-14H2,1-3H3,(H,27,29,30)/t18-,24+/m0/s1. The van der Waals surface area contributed by atoms with Crippen LogP contribution in [0.5, 0.6) is 5.75 Å². The highest BCUT2D eigenvalue weighted by molar-refractivity contribution is 5.95. The van der Waals surface area contributed by atoms with Crippen LogP contribution in [-0.2, 0) is 21.6 Å².